The van der Waals surface area contributed by atoms with Gasteiger partial charge in [0.1, 0.15) is 6.10 Å². The van der Waals surface area contributed by atoms with E-state index in [4.69, 9.17) is 24.3 Å². The Kier molecular flexibility index (Phi) is 40.3. The van der Waals surface area contributed by atoms with E-state index in [1.54, 1.807) is 0 Å². The molecule has 0 aromatic rings. The van der Waals surface area contributed by atoms with E-state index in [9.17, 15) is 14.3 Å². The summed E-state index contributed by atoms with van der Waals surface area (Å²) in [6, 6.07) is 0. The highest BCUT2D eigenvalue weighted by atomic mass is 31.2. The molecule has 0 heterocycles. The Hall–Kier alpha value is -0.500. The van der Waals surface area contributed by atoms with E-state index < -0.39 is 13.9 Å². The summed E-state index contributed by atoms with van der Waals surface area (Å²) < 4.78 is 33.4. The van der Waals surface area contributed by atoms with Gasteiger partial charge in [-0.2, -0.15) is 0 Å². The molecule has 0 radical (unpaired) electrons. The molecule has 0 fully saturated rings. The van der Waals surface area contributed by atoms with E-state index in [1.165, 1.54) is 173 Å². The summed E-state index contributed by atoms with van der Waals surface area (Å²) in [4.78, 5) is 22.5. The van der Waals surface area contributed by atoms with E-state index in [0.29, 0.717) is 13.0 Å². The second kappa shape index (κ2) is 40.7. The number of hydrogen-bond acceptors (Lipinski definition) is 7. The quantitative estimate of drug-likeness (QED) is 0.0360. The summed E-state index contributed by atoms with van der Waals surface area (Å²) in [6.07, 6.45) is 41.1. The van der Waals surface area contributed by atoms with Crippen molar-refractivity contribution in [2.45, 2.75) is 232 Å². The summed E-state index contributed by atoms with van der Waals surface area (Å²) in [5, 5.41) is 0. The molecular weight excluding hydrogens is 661 g/mol. The molecule has 2 unspecified atom stereocenters. The molecule has 306 valence electrons. The highest BCUT2D eigenvalue weighted by Crippen LogP contribution is 2.43. The third-order valence-electron chi connectivity index (χ3n) is 9.77. The largest absolute Gasteiger partial charge is 0.472 e. The fourth-order valence-corrected chi connectivity index (χ4v) is 7.29. The van der Waals surface area contributed by atoms with Crippen LogP contribution in [0.15, 0.2) is 0 Å². The number of nitrogens with two attached hydrogens (primary N) is 1. The monoisotopic (exact) mass is 748 g/mol. The summed E-state index contributed by atoms with van der Waals surface area (Å²) in [5.41, 5.74) is 5.37. The van der Waals surface area contributed by atoms with Crippen LogP contribution in [-0.2, 0) is 27.9 Å². The Bertz CT molecular complexity index is 757. The molecular formula is C42H86NO7P. The van der Waals surface area contributed by atoms with Gasteiger partial charge >= 0.3 is 13.8 Å². The summed E-state index contributed by atoms with van der Waals surface area (Å²) in [6.45, 7) is 4.99. The van der Waals surface area contributed by atoms with Crippen molar-refractivity contribution in [1.82, 2.24) is 0 Å². The van der Waals surface area contributed by atoms with Crippen LogP contribution in [0.4, 0.5) is 0 Å². The molecule has 0 saturated carbocycles. The lowest BCUT2D eigenvalue weighted by atomic mass is 10.0. The third-order valence-corrected chi connectivity index (χ3v) is 10.8. The van der Waals surface area contributed by atoms with Crippen LogP contribution in [0.25, 0.3) is 0 Å². The van der Waals surface area contributed by atoms with Gasteiger partial charge in [-0.25, -0.2) is 4.57 Å². The molecule has 0 spiro atoms. The highest BCUT2D eigenvalue weighted by molar-refractivity contribution is 7.47. The standard InChI is InChI=1S/C42H86NO7P/c1-3-5-7-9-11-13-15-17-19-21-23-25-27-29-31-33-35-42(44)50-41(40-49-51(45,46)48-38-36-43)39-47-37-34-32-30-28-26-24-22-20-18-16-14-12-10-8-6-4-2/h41H,3-40,43H2,1-2H3,(H,45,46). The zero-order valence-corrected chi connectivity index (χ0v) is 34.8. The van der Waals surface area contributed by atoms with E-state index in [1.807, 2.05) is 0 Å². The lowest BCUT2D eigenvalue weighted by molar-refractivity contribution is -0.154. The normalized spacial score (nSPS) is 13.4. The van der Waals surface area contributed by atoms with Crippen LogP contribution in [0.5, 0.6) is 0 Å². The Morgan fingerprint density at radius 2 is 0.863 bits per heavy atom. The summed E-state index contributed by atoms with van der Waals surface area (Å²) in [5.74, 6) is -0.323. The van der Waals surface area contributed by atoms with Crippen LogP contribution in [0.1, 0.15) is 226 Å². The fourth-order valence-electron chi connectivity index (χ4n) is 6.53. The van der Waals surface area contributed by atoms with Crippen molar-refractivity contribution in [2.24, 2.45) is 5.73 Å². The van der Waals surface area contributed by atoms with E-state index in [0.717, 1.165) is 32.1 Å². The second-order valence-electron chi connectivity index (χ2n) is 14.9. The molecule has 9 heteroatoms. The topological polar surface area (TPSA) is 117 Å². The maximum atomic E-state index is 12.6. The zero-order chi connectivity index (χ0) is 37.4. The van der Waals surface area contributed by atoms with E-state index in [-0.39, 0.29) is 32.3 Å². The SMILES string of the molecule is CCCCCCCCCCCCCCCCCCOCC(COP(=O)(O)OCCN)OC(=O)CCCCCCCCCCCCCCCCCC. The Labute approximate surface area is 316 Å². The van der Waals surface area contributed by atoms with Crippen molar-refractivity contribution >= 4 is 13.8 Å². The number of phosphoric ester groups is 1. The van der Waals surface area contributed by atoms with Crippen molar-refractivity contribution in [2.75, 3.05) is 33.0 Å². The van der Waals surface area contributed by atoms with Gasteiger partial charge in [-0.15, -0.1) is 0 Å². The number of esters is 1. The maximum Gasteiger partial charge on any atom is 0.472 e. The number of hydrogen-bond donors (Lipinski definition) is 2. The molecule has 2 atom stereocenters. The van der Waals surface area contributed by atoms with Gasteiger partial charge in [0.15, 0.2) is 0 Å². The molecule has 0 aliphatic rings. The van der Waals surface area contributed by atoms with Gasteiger partial charge in [0.25, 0.3) is 0 Å². The van der Waals surface area contributed by atoms with Gasteiger partial charge in [-0.1, -0.05) is 206 Å². The number of carbonyl (C=O) groups excluding carboxylic acids is 1. The molecule has 8 nitrogen and oxygen atoms in total. The number of rotatable bonds is 43. The van der Waals surface area contributed by atoms with Crippen LogP contribution >= 0.6 is 7.82 Å². The van der Waals surface area contributed by atoms with Crippen molar-refractivity contribution in [3.05, 3.63) is 0 Å². The summed E-state index contributed by atoms with van der Waals surface area (Å²) >= 11 is 0. The van der Waals surface area contributed by atoms with Crippen molar-refractivity contribution < 1.29 is 32.8 Å². The average molecular weight is 748 g/mol. The Morgan fingerprint density at radius 3 is 1.24 bits per heavy atom. The van der Waals surface area contributed by atoms with Gasteiger partial charge in [0, 0.05) is 19.6 Å². The summed E-state index contributed by atoms with van der Waals surface area (Å²) in [7, 11) is -4.27. The molecule has 0 aromatic carbocycles. The minimum atomic E-state index is -4.27. The first kappa shape index (κ1) is 50.5. The number of carbonyl (C=O) groups is 1. The predicted molar refractivity (Wildman–Crippen MR) is 215 cm³/mol. The van der Waals surface area contributed by atoms with Gasteiger partial charge < -0.3 is 20.1 Å². The third kappa shape index (κ3) is 40.5. The molecule has 3 N–H and O–H groups in total. The van der Waals surface area contributed by atoms with Crippen LogP contribution in [0.2, 0.25) is 0 Å². The van der Waals surface area contributed by atoms with Gasteiger partial charge in [0.05, 0.1) is 19.8 Å². The van der Waals surface area contributed by atoms with Gasteiger partial charge in [0.2, 0.25) is 0 Å². The molecule has 0 rings (SSSR count). The molecule has 0 aliphatic heterocycles. The van der Waals surface area contributed by atoms with Crippen LogP contribution < -0.4 is 5.73 Å². The van der Waals surface area contributed by atoms with Gasteiger partial charge in [-0.3, -0.25) is 13.8 Å². The zero-order valence-electron chi connectivity index (χ0n) is 33.9. The van der Waals surface area contributed by atoms with E-state index >= 15 is 0 Å². The minimum absolute atomic E-state index is 0.0900. The molecule has 0 aromatic heterocycles. The first-order valence-corrected chi connectivity index (χ1v) is 23.5. The van der Waals surface area contributed by atoms with Gasteiger partial charge in [-0.05, 0) is 12.8 Å². The highest BCUT2D eigenvalue weighted by Gasteiger charge is 2.25. The average Bonchev–Trinajstić information content (AvgIpc) is 3.12. The predicted octanol–water partition coefficient (Wildman–Crippen LogP) is 12.9. The first-order valence-electron chi connectivity index (χ1n) is 22.0. The van der Waals surface area contributed by atoms with Crippen molar-refractivity contribution in [3.63, 3.8) is 0 Å². The second-order valence-corrected chi connectivity index (χ2v) is 16.4. The Morgan fingerprint density at radius 1 is 0.510 bits per heavy atom. The molecule has 0 bridgehead atoms. The smallest absolute Gasteiger partial charge is 0.457 e. The van der Waals surface area contributed by atoms with E-state index in [2.05, 4.69) is 13.8 Å². The molecule has 0 saturated heterocycles. The molecule has 51 heavy (non-hydrogen) atoms. The van der Waals surface area contributed by atoms with Crippen LogP contribution in [-0.4, -0.2) is 49.9 Å². The first-order chi connectivity index (χ1) is 24.9. The van der Waals surface area contributed by atoms with Crippen molar-refractivity contribution in [3.8, 4) is 0 Å². The Balaban J connectivity index is 3.97. The number of ether oxygens (including phenoxy) is 2. The van der Waals surface area contributed by atoms with Crippen LogP contribution in [0.3, 0.4) is 0 Å². The number of phosphoric acid groups is 1. The lowest BCUT2D eigenvalue weighted by Crippen LogP contribution is -2.28. The fraction of sp³-hybridized carbons (Fsp3) is 0.976. The molecule has 0 aliphatic carbocycles. The minimum Gasteiger partial charge on any atom is -0.457 e. The van der Waals surface area contributed by atoms with Crippen LogP contribution in [0, 0.1) is 0 Å². The molecule has 0 amide bonds. The maximum absolute atomic E-state index is 12.6. The van der Waals surface area contributed by atoms with Crippen molar-refractivity contribution in [1.29, 1.82) is 0 Å². The number of unbranched alkanes of at least 4 members (excludes halogenated alkanes) is 30. The lowest BCUT2D eigenvalue weighted by Gasteiger charge is -2.20.